The fraction of sp³-hybridized carbons (Fsp3) is 0.381. The van der Waals surface area contributed by atoms with Gasteiger partial charge in [0.2, 0.25) is 0 Å². The number of hydrogen-bond donors (Lipinski definition) is 1. The molecule has 0 aliphatic carbocycles. The topological polar surface area (TPSA) is 99.9 Å². The van der Waals surface area contributed by atoms with E-state index in [2.05, 4.69) is 5.32 Å². The van der Waals surface area contributed by atoms with Gasteiger partial charge >= 0.3 is 5.69 Å². The van der Waals surface area contributed by atoms with Crippen LogP contribution in [0.5, 0.6) is 17.2 Å². The van der Waals surface area contributed by atoms with Gasteiger partial charge in [-0.1, -0.05) is 19.9 Å². The lowest BCUT2D eigenvalue weighted by Gasteiger charge is -2.25. The molecular formula is C21H24N2O6. The van der Waals surface area contributed by atoms with E-state index in [1.165, 1.54) is 18.2 Å². The Morgan fingerprint density at radius 1 is 1.17 bits per heavy atom. The molecule has 2 aromatic rings. The standard InChI is InChI=1S/C21H24N2O6/c1-4-27-17-7-6-15(11-16(17)23(25)26)21(24)22-20(13(2)3)14-5-8-18-19(12-14)29-10-9-28-18/h5-8,11-13,20H,4,9-10H2,1-3H3,(H,22,24)/t20-/m0/s1. The van der Waals surface area contributed by atoms with Gasteiger partial charge in [0, 0.05) is 11.6 Å². The summed E-state index contributed by atoms with van der Waals surface area (Å²) in [5.74, 6) is 1.14. The van der Waals surface area contributed by atoms with Gasteiger partial charge in [-0.2, -0.15) is 0 Å². The molecule has 1 atom stereocenters. The Morgan fingerprint density at radius 2 is 1.90 bits per heavy atom. The summed E-state index contributed by atoms with van der Waals surface area (Å²) in [7, 11) is 0. The van der Waals surface area contributed by atoms with Crippen molar-refractivity contribution in [3.05, 3.63) is 57.6 Å². The van der Waals surface area contributed by atoms with Crippen LogP contribution in [0.2, 0.25) is 0 Å². The summed E-state index contributed by atoms with van der Waals surface area (Å²) in [6, 6.07) is 9.48. The summed E-state index contributed by atoms with van der Waals surface area (Å²) in [4.78, 5) is 23.6. The Bertz CT molecular complexity index is 912. The lowest BCUT2D eigenvalue weighted by atomic mass is 9.95. The molecule has 8 heteroatoms. The minimum absolute atomic E-state index is 0.0826. The van der Waals surface area contributed by atoms with E-state index < -0.39 is 10.8 Å². The van der Waals surface area contributed by atoms with E-state index in [-0.39, 0.29) is 29.0 Å². The van der Waals surface area contributed by atoms with Crippen LogP contribution in [-0.4, -0.2) is 30.7 Å². The summed E-state index contributed by atoms with van der Waals surface area (Å²) in [6.45, 7) is 7.00. The molecule has 29 heavy (non-hydrogen) atoms. The third-order valence-corrected chi connectivity index (χ3v) is 4.60. The van der Waals surface area contributed by atoms with Crippen LogP contribution in [0, 0.1) is 16.0 Å². The van der Waals surface area contributed by atoms with Gasteiger partial charge in [0.25, 0.3) is 5.91 Å². The normalized spacial score (nSPS) is 13.7. The molecule has 0 unspecified atom stereocenters. The van der Waals surface area contributed by atoms with Crippen LogP contribution >= 0.6 is 0 Å². The first-order valence-electron chi connectivity index (χ1n) is 9.52. The molecule has 1 N–H and O–H groups in total. The largest absolute Gasteiger partial charge is 0.487 e. The van der Waals surface area contributed by atoms with Crippen LogP contribution in [0.4, 0.5) is 5.69 Å². The molecule has 0 bridgehead atoms. The highest BCUT2D eigenvalue weighted by Gasteiger charge is 2.24. The summed E-state index contributed by atoms with van der Waals surface area (Å²) in [5, 5.41) is 14.3. The van der Waals surface area contributed by atoms with Crippen LogP contribution < -0.4 is 19.5 Å². The lowest BCUT2D eigenvalue weighted by molar-refractivity contribution is -0.385. The number of nitrogens with zero attached hydrogens (tertiary/aromatic N) is 1. The second-order valence-electron chi connectivity index (χ2n) is 6.97. The predicted molar refractivity (Wildman–Crippen MR) is 107 cm³/mol. The number of nitrogens with one attached hydrogen (secondary N) is 1. The molecule has 2 aromatic carbocycles. The maximum absolute atomic E-state index is 12.8. The molecule has 1 heterocycles. The zero-order chi connectivity index (χ0) is 21.0. The number of benzene rings is 2. The molecule has 3 rings (SSSR count). The average molecular weight is 400 g/mol. The monoisotopic (exact) mass is 400 g/mol. The Labute approximate surface area is 168 Å². The molecule has 1 aliphatic rings. The van der Waals surface area contributed by atoms with E-state index in [0.29, 0.717) is 31.3 Å². The van der Waals surface area contributed by atoms with Crippen molar-refractivity contribution in [1.82, 2.24) is 5.32 Å². The molecular weight excluding hydrogens is 376 g/mol. The first-order valence-corrected chi connectivity index (χ1v) is 9.52. The predicted octanol–water partition coefficient (Wildman–Crippen LogP) is 3.89. The highest BCUT2D eigenvalue weighted by atomic mass is 16.6. The number of nitro benzene ring substituents is 1. The van der Waals surface area contributed by atoms with Crippen LogP contribution in [0.15, 0.2) is 36.4 Å². The fourth-order valence-electron chi connectivity index (χ4n) is 3.19. The molecule has 0 saturated heterocycles. The second kappa shape index (κ2) is 8.81. The third-order valence-electron chi connectivity index (χ3n) is 4.60. The number of ether oxygens (including phenoxy) is 3. The number of rotatable bonds is 7. The molecule has 1 amide bonds. The summed E-state index contributed by atoms with van der Waals surface area (Å²) in [6.07, 6.45) is 0. The summed E-state index contributed by atoms with van der Waals surface area (Å²) in [5.41, 5.74) is 0.835. The number of carbonyl (C=O) groups is 1. The van der Waals surface area contributed by atoms with Crippen LogP contribution in [-0.2, 0) is 0 Å². The SMILES string of the molecule is CCOc1ccc(C(=O)N[C@H](c2ccc3c(c2)OCCO3)C(C)C)cc1[N+](=O)[O-]. The lowest BCUT2D eigenvalue weighted by Crippen LogP contribution is -2.32. The Morgan fingerprint density at radius 3 is 2.55 bits per heavy atom. The van der Waals surface area contributed by atoms with E-state index in [9.17, 15) is 14.9 Å². The third kappa shape index (κ3) is 4.59. The number of fused-ring (bicyclic) bond motifs is 1. The number of amides is 1. The van der Waals surface area contributed by atoms with Crippen LogP contribution in [0.25, 0.3) is 0 Å². The number of hydrogen-bond acceptors (Lipinski definition) is 6. The molecule has 0 radical (unpaired) electrons. The van der Waals surface area contributed by atoms with Crippen molar-refractivity contribution in [3.8, 4) is 17.2 Å². The molecule has 1 aliphatic heterocycles. The van der Waals surface area contributed by atoms with Crippen LogP contribution in [0.1, 0.15) is 42.7 Å². The average Bonchev–Trinajstić information content (AvgIpc) is 2.71. The second-order valence-corrected chi connectivity index (χ2v) is 6.97. The molecule has 0 fully saturated rings. The van der Waals surface area contributed by atoms with Crippen molar-refractivity contribution in [2.45, 2.75) is 26.8 Å². The minimum atomic E-state index is -0.553. The van der Waals surface area contributed by atoms with Crippen molar-refractivity contribution in [2.75, 3.05) is 19.8 Å². The summed E-state index contributed by atoms with van der Waals surface area (Å²) >= 11 is 0. The highest BCUT2D eigenvalue weighted by molar-refractivity contribution is 5.95. The molecule has 8 nitrogen and oxygen atoms in total. The van der Waals surface area contributed by atoms with Gasteiger partial charge < -0.3 is 19.5 Å². The van der Waals surface area contributed by atoms with Crippen molar-refractivity contribution >= 4 is 11.6 Å². The Hall–Kier alpha value is -3.29. The van der Waals surface area contributed by atoms with Crippen molar-refractivity contribution < 1.29 is 23.9 Å². The maximum atomic E-state index is 12.8. The van der Waals surface area contributed by atoms with E-state index in [0.717, 1.165) is 5.56 Å². The fourth-order valence-corrected chi connectivity index (χ4v) is 3.19. The first-order chi connectivity index (χ1) is 13.9. The van der Waals surface area contributed by atoms with Gasteiger partial charge in [-0.3, -0.25) is 14.9 Å². The Kier molecular flexibility index (Phi) is 6.21. The summed E-state index contributed by atoms with van der Waals surface area (Å²) < 4.78 is 16.5. The number of nitro groups is 1. The van der Waals surface area contributed by atoms with Crippen LogP contribution in [0.3, 0.4) is 0 Å². The zero-order valence-corrected chi connectivity index (χ0v) is 16.6. The van der Waals surface area contributed by atoms with Gasteiger partial charge in [0.1, 0.15) is 13.2 Å². The molecule has 154 valence electrons. The van der Waals surface area contributed by atoms with Crippen molar-refractivity contribution in [2.24, 2.45) is 5.92 Å². The van der Waals surface area contributed by atoms with E-state index in [1.807, 2.05) is 32.0 Å². The smallest absolute Gasteiger partial charge is 0.311 e. The molecule has 0 aromatic heterocycles. The maximum Gasteiger partial charge on any atom is 0.311 e. The highest BCUT2D eigenvalue weighted by Crippen LogP contribution is 2.35. The van der Waals surface area contributed by atoms with Gasteiger partial charge in [-0.05, 0) is 42.7 Å². The first kappa shape index (κ1) is 20.4. The minimum Gasteiger partial charge on any atom is -0.487 e. The van der Waals surface area contributed by atoms with E-state index in [4.69, 9.17) is 14.2 Å². The Balaban J connectivity index is 1.85. The molecule has 0 spiro atoms. The molecule has 0 saturated carbocycles. The van der Waals surface area contributed by atoms with Gasteiger partial charge in [0.05, 0.1) is 17.6 Å². The van der Waals surface area contributed by atoms with Gasteiger partial charge in [-0.25, -0.2) is 0 Å². The number of carbonyl (C=O) groups excluding carboxylic acids is 1. The van der Waals surface area contributed by atoms with E-state index >= 15 is 0 Å². The van der Waals surface area contributed by atoms with Crippen molar-refractivity contribution in [1.29, 1.82) is 0 Å². The van der Waals surface area contributed by atoms with Crippen molar-refractivity contribution in [3.63, 3.8) is 0 Å². The van der Waals surface area contributed by atoms with Gasteiger partial charge in [0.15, 0.2) is 17.2 Å². The quantitative estimate of drug-likeness (QED) is 0.559. The van der Waals surface area contributed by atoms with E-state index in [1.54, 1.807) is 6.92 Å². The van der Waals surface area contributed by atoms with Gasteiger partial charge in [-0.15, -0.1) is 0 Å². The zero-order valence-electron chi connectivity index (χ0n) is 16.6.